The largest absolute Gasteiger partial charge is 0.377 e. The van der Waals surface area contributed by atoms with Crippen molar-refractivity contribution >= 4 is 0 Å². The van der Waals surface area contributed by atoms with Gasteiger partial charge in [0.1, 0.15) is 0 Å². The minimum absolute atomic E-state index is 0.465. The fourth-order valence-corrected chi connectivity index (χ4v) is 2.94. The van der Waals surface area contributed by atoms with Crippen LogP contribution in [0.1, 0.15) is 59.8 Å². The van der Waals surface area contributed by atoms with Gasteiger partial charge in [-0.25, -0.2) is 0 Å². The highest BCUT2D eigenvalue weighted by atomic mass is 16.5. The third-order valence-electron chi connectivity index (χ3n) is 4.46. The molecule has 0 aromatic carbocycles. The normalized spacial score (nSPS) is 23.7. The van der Waals surface area contributed by atoms with Gasteiger partial charge in [-0.2, -0.15) is 0 Å². The first-order valence-electron chi connectivity index (χ1n) is 8.78. The number of ether oxygens (including phenoxy) is 1. The molecule has 0 radical (unpaired) electrons. The smallest absolute Gasteiger partial charge is 0.0702 e. The molecular weight excluding hydrogens is 248 g/mol. The van der Waals surface area contributed by atoms with E-state index in [9.17, 15) is 0 Å². The molecule has 0 spiro atoms. The quantitative estimate of drug-likeness (QED) is 0.666. The lowest BCUT2D eigenvalue weighted by Gasteiger charge is -2.36. The highest BCUT2D eigenvalue weighted by Crippen LogP contribution is 2.16. The highest BCUT2D eigenvalue weighted by Gasteiger charge is 2.24. The summed E-state index contributed by atoms with van der Waals surface area (Å²) >= 11 is 0. The molecule has 3 nitrogen and oxygen atoms in total. The van der Waals surface area contributed by atoms with Crippen LogP contribution in [-0.4, -0.2) is 49.8 Å². The molecule has 1 heterocycles. The van der Waals surface area contributed by atoms with Gasteiger partial charge in [0.2, 0.25) is 0 Å². The van der Waals surface area contributed by atoms with Crippen LogP contribution in [0.15, 0.2) is 0 Å². The first-order valence-corrected chi connectivity index (χ1v) is 8.78. The van der Waals surface area contributed by atoms with Crippen molar-refractivity contribution in [3.63, 3.8) is 0 Å². The van der Waals surface area contributed by atoms with E-state index in [0.29, 0.717) is 12.1 Å². The number of hydrogen-bond donors (Lipinski definition) is 1. The lowest BCUT2D eigenvalue weighted by atomic mass is 9.97. The van der Waals surface area contributed by atoms with Gasteiger partial charge in [-0.05, 0) is 44.7 Å². The van der Waals surface area contributed by atoms with E-state index in [1.807, 2.05) is 0 Å². The van der Waals surface area contributed by atoms with Crippen LogP contribution < -0.4 is 5.32 Å². The molecule has 0 saturated carbocycles. The molecule has 1 aliphatic rings. The van der Waals surface area contributed by atoms with Gasteiger partial charge >= 0.3 is 0 Å². The molecule has 0 bridgehead atoms. The molecule has 1 saturated heterocycles. The maximum atomic E-state index is 5.95. The summed E-state index contributed by atoms with van der Waals surface area (Å²) in [5.74, 6) is 0.749. The van der Waals surface area contributed by atoms with Crippen molar-refractivity contribution in [1.82, 2.24) is 10.2 Å². The monoisotopic (exact) mass is 284 g/mol. The lowest BCUT2D eigenvalue weighted by Crippen LogP contribution is -2.49. The third-order valence-corrected chi connectivity index (χ3v) is 4.46. The predicted molar refractivity (Wildman–Crippen MR) is 87.2 cm³/mol. The zero-order valence-electron chi connectivity index (χ0n) is 14.2. The first kappa shape index (κ1) is 17.9. The standard InChI is InChI=1S/C17H36N2O/c1-5-10-18-17(15(4)7-3)14-19-11-8-9-16(13-19)20-12-6-2/h15-18H,5-14H2,1-4H3. The molecule has 1 aliphatic heterocycles. The number of nitrogens with one attached hydrogen (secondary N) is 1. The van der Waals surface area contributed by atoms with Crippen molar-refractivity contribution in [3.05, 3.63) is 0 Å². The molecule has 3 unspecified atom stereocenters. The second-order valence-electron chi connectivity index (χ2n) is 6.34. The maximum absolute atomic E-state index is 5.95. The van der Waals surface area contributed by atoms with Gasteiger partial charge in [-0.3, -0.25) is 4.90 Å². The summed E-state index contributed by atoms with van der Waals surface area (Å²) < 4.78 is 5.95. The first-order chi connectivity index (χ1) is 9.71. The zero-order valence-corrected chi connectivity index (χ0v) is 14.2. The van der Waals surface area contributed by atoms with Crippen molar-refractivity contribution in [2.75, 3.05) is 32.8 Å². The molecule has 3 atom stereocenters. The number of likely N-dealkylation sites (tertiary alicyclic amines) is 1. The average molecular weight is 284 g/mol. The zero-order chi connectivity index (χ0) is 14.8. The molecular formula is C17H36N2O. The lowest BCUT2D eigenvalue weighted by molar-refractivity contribution is -0.00379. The van der Waals surface area contributed by atoms with Crippen LogP contribution in [-0.2, 0) is 4.74 Å². The van der Waals surface area contributed by atoms with Gasteiger partial charge < -0.3 is 10.1 Å². The fraction of sp³-hybridized carbons (Fsp3) is 1.00. The minimum Gasteiger partial charge on any atom is -0.377 e. The molecule has 1 rings (SSSR count). The van der Waals surface area contributed by atoms with E-state index < -0.39 is 0 Å². The molecule has 1 N–H and O–H groups in total. The minimum atomic E-state index is 0.465. The van der Waals surface area contributed by atoms with Gasteiger partial charge in [0.05, 0.1) is 6.10 Å². The number of nitrogens with zero attached hydrogens (tertiary/aromatic N) is 1. The van der Waals surface area contributed by atoms with E-state index in [4.69, 9.17) is 4.74 Å². The fourth-order valence-electron chi connectivity index (χ4n) is 2.94. The van der Waals surface area contributed by atoms with E-state index >= 15 is 0 Å². The van der Waals surface area contributed by atoms with Crippen LogP contribution in [0.4, 0.5) is 0 Å². The second kappa shape index (κ2) is 10.6. The summed E-state index contributed by atoms with van der Waals surface area (Å²) in [5.41, 5.74) is 0. The van der Waals surface area contributed by atoms with Gasteiger partial charge in [0.25, 0.3) is 0 Å². The van der Waals surface area contributed by atoms with E-state index in [1.165, 1.54) is 38.8 Å². The second-order valence-corrected chi connectivity index (χ2v) is 6.34. The Labute approximate surface area is 126 Å². The Bertz CT molecular complexity index is 235. The van der Waals surface area contributed by atoms with E-state index in [0.717, 1.165) is 32.0 Å². The van der Waals surface area contributed by atoms with Crippen molar-refractivity contribution in [2.24, 2.45) is 5.92 Å². The Morgan fingerprint density at radius 3 is 2.70 bits per heavy atom. The Morgan fingerprint density at radius 1 is 1.25 bits per heavy atom. The number of hydrogen-bond acceptors (Lipinski definition) is 3. The number of rotatable bonds is 10. The van der Waals surface area contributed by atoms with E-state index in [2.05, 4.69) is 37.9 Å². The summed E-state index contributed by atoms with van der Waals surface area (Å²) in [6.07, 6.45) is 6.60. The third kappa shape index (κ3) is 6.55. The molecule has 0 aliphatic carbocycles. The Morgan fingerprint density at radius 2 is 2.05 bits per heavy atom. The van der Waals surface area contributed by atoms with Crippen LogP contribution in [0.25, 0.3) is 0 Å². The van der Waals surface area contributed by atoms with E-state index in [1.54, 1.807) is 0 Å². The van der Waals surface area contributed by atoms with Gasteiger partial charge in [0.15, 0.2) is 0 Å². The van der Waals surface area contributed by atoms with Crippen LogP contribution in [0, 0.1) is 5.92 Å². The number of piperidine rings is 1. The molecule has 1 fully saturated rings. The van der Waals surface area contributed by atoms with Crippen molar-refractivity contribution in [3.8, 4) is 0 Å². The van der Waals surface area contributed by atoms with Gasteiger partial charge in [-0.15, -0.1) is 0 Å². The molecule has 0 aromatic heterocycles. The Hall–Kier alpha value is -0.120. The topological polar surface area (TPSA) is 24.5 Å². The van der Waals surface area contributed by atoms with Crippen LogP contribution in [0.2, 0.25) is 0 Å². The molecule has 120 valence electrons. The van der Waals surface area contributed by atoms with Gasteiger partial charge in [-0.1, -0.05) is 34.1 Å². The predicted octanol–water partition coefficient (Wildman–Crippen LogP) is 3.29. The Kier molecular flexibility index (Phi) is 9.49. The van der Waals surface area contributed by atoms with Crippen molar-refractivity contribution in [2.45, 2.75) is 71.9 Å². The van der Waals surface area contributed by atoms with Gasteiger partial charge in [0, 0.05) is 25.7 Å². The summed E-state index contributed by atoms with van der Waals surface area (Å²) in [6, 6.07) is 0.630. The van der Waals surface area contributed by atoms with Crippen LogP contribution in [0.5, 0.6) is 0 Å². The summed E-state index contributed by atoms with van der Waals surface area (Å²) in [6.45, 7) is 14.7. The Balaban J connectivity index is 2.41. The molecule has 3 heteroatoms. The summed E-state index contributed by atoms with van der Waals surface area (Å²) in [5, 5.41) is 3.74. The van der Waals surface area contributed by atoms with Crippen molar-refractivity contribution in [1.29, 1.82) is 0 Å². The summed E-state index contributed by atoms with van der Waals surface area (Å²) in [7, 11) is 0. The highest BCUT2D eigenvalue weighted by molar-refractivity contribution is 4.81. The maximum Gasteiger partial charge on any atom is 0.0702 e. The molecule has 0 amide bonds. The average Bonchev–Trinajstić information content (AvgIpc) is 2.49. The van der Waals surface area contributed by atoms with Crippen molar-refractivity contribution < 1.29 is 4.74 Å². The van der Waals surface area contributed by atoms with E-state index in [-0.39, 0.29) is 0 Å². The SMILES string of the molecule is CCCNC(CN1CCCC(OCCC)C1)C(C)CC. The van der Waals surface area contributed by atoms with Crippen LogP contribution >= 0.6 is 0 Å². The molecule has 20 heavy (non-hydrogen) atoms. The van der Waals surface area contributed by atoms with Crippen LogP contribution in [0.3, 0.4) is 0 Å². The molecule has 0 aromatic rings. The summed E-state index contributed by atoms with van der Waals surface area (Å²) in [4.78, 5) is 2.61.